The number of carboxylic acids is 1. The molecule has 5 nitrogen and oxygen atoms in total. The number of pyridine rings is 1. The number of fused-ring (bicyclic) bond motifs is 1. The van der Waals surface area contributed by atoms with Gasteiger partial charge in [0.05, 0.1) is 5.92 Å². The van der Waals surface area contributed by atoms with Gasteiger partial charge in [-0.3, -0.25) is 4.79 Å². The second-order valence-corrected chi connectivity index (χ2v) is 4.87. The number of aromatic nitrogens is 3. The van der Waals surface area contributed by atoms with Gasteiger partial charge in [0.1, 0.15) is 11.3 Å². The first-order chi connectivity index (χ1) is 9.18. The Bertz CT molecular complexity index is 660. The van der Waals surface area contributed by atoms with Crippen LogP contribution in [-0.2, 0) is 11.8 Å². The number of carboxylic acid groups (broad SMARTS) is 1. The van der Waals surface area contributed by atoms with E-state index in [2.05, 4.69) is 9.97 Å². The average molecular weight is 257 g/mol. The van der Waals surface area contributed by atoms with Gasteiger partial charge < -0.3 is 9.67 Å². The van der Waals surface area contributed by atoms with Gasteiger partial charge in [0.15, 0.2) is 5.65 Å². The molecular formula is C14H15N3O2. The number of carbonyl (C=O) groups is 1. The summed E-state index contributed by atoms with van der Waals surface area (Å²) in [6.45, 7) is 0. The molecule has 98 valence electrons. The maximum Gasteiger partial charge on any atom is 0.307 e. The fourth-order valence-electron chi connectivity index (χ4n) is 2.75. The van der Waals surface area contributed by atoms with Crippen LogP contribution in [0.3, 0.4) is 0 Å². The number of hydrogen-bond acceptors (Lipinski definition) is 3. The third-order valence-electron chi connectivity index (χ3n) is 3.74. The van der Waals surface area contributed by atoms with Gasteiger partial charge in [-0.2, -0.15) is 0 Å². The summed E-state index contributed by atoms with van der Waals surface area (Å²) >= 11 is 0. The number of allylic oxidation sites excluding steroid dienone is 2. The molecule has 0 bridgehead atoms. The molecule has 5 heteroatoms. The summed E-state index contributed by atoms with van der Waals surface area (Å²) in [7, 11) is 1.90. The lowest BCUT2D eigenvalue weighted by Gasteiger charge is -2.24. The molecule has 2 aromatic heterocycles. The van der Waals surface area contributed by atoms with E-state index in [1.165, 1.54) is 0 Å². The van der Waals surface area contributed by atoms with Crippen LogP contribution in [0.1, 0.15) is 24.6 Å². The van der Waals surface area contributed by atoms with E-state index in [0.29, 0.717) is 12.8 Å². The third-order valence-corrected chi connectivity index (χ3v) is 3.74. The molecule has 1 N–H and O–H groups in total. The first-order valence-corrected chi connectivity index (χ1v) is 6.33. The molecule has 2 atom stereocenters. The summed E-state index contributed by atoms with van der Waals surface area (Å²) in [6, 6.07) is 3.74. The number of nitrogens with zero attached hydrogens (tertiary/aromatic N) is 3. The van der Waals surface area contributed by atoms with E-state index in [4.69, 9.17) is 0 Å². The summed E-state index contributed by atoms with van der Waals surface area (Å²) in [5.41, 5.74) is 1.62. The van der Waals surface area contributed by atoms with E-state index in [0.717, 1.165) is 17.0 Å². The summed E-state index contributed by atoms with van der Waals surface area (Å²) in [4.78, 5) is 20.3. The van der Waals surface area contributed by atoms with Gasteiger partial charge in [0.2, 0.25) is 0 Å². The molecule has 0 amide bonds. The van der Waals surface area contributed by atoms with Gasteiger partial charge in [-0.25, -0.2) is 9.97 Å². The van der Waals surface area contributed by atoms with Crippen LogP contribution < -0.4 is 0 Å². The monoisotopic (exact) mass is 257 g/mol. The summed E-state index contributed by atoms with van der Waals surface area (Å²) < 4.78 is 1.91. The van der Waals surface area contributed by atoms with Crippen molar-refractivity contribution in [2.45, 2.75) is 18.8 Å². The zero-order chi connectivity index (χ0) is 13.4. The van der Waals surface area contributed by atoms with E-state index >= 15 is 0 Å². The average Bonchev–Trinajstić information content (AvgIpc) is 2.76. The van der Waals surface area contributed by atoms with E-state index in [1.807, 2.05) is 35.9 Å². The van der Waals surface area contributed by atoms with Crippen LogP contribution in [-0.4, -0.2) is 25.6 Å². The number of rotatable bonds is 2. The summed E-state index contributed by atoms with van der Waals surface area (Å²) in [5, 5.41) is 9.35. The van der Waals surface area contributed by atoms with Crippen LogP contribution in [0.25, 0.3) is 11.2 Å². The van der Waals surface area contributed by atoms with Crippen LogP contribution >= 0.6 is 0 Å². The lowest BCUT2D eigenvalue weighted by Crippen LogP contribution is -2.25. The molecule has 0 spiro atoms. The molecule has 2 aromatic rings. The molecule has 2 heterocycles. The van der Waals surface area contributed by atoms with Gasteiger partial charge in [-0.05, 0) is 25.0 Å². The van der Waals surface area contributed by atoms with E-state index < -0.39 is 11.9 Å². The minimum atomic E-state index is -0.755. The van der Waals surface area contributed by atoms with Crippen LogP contribution in [0.4, 0.5) is 0 Å². The fraction of sp³-hybridized carbons (Fsp3) is 0.357. The summed E-state index contributed by atoms with van der Waals surface area (Å²) in [5.74, 6) is -0.429. The Morgan fingerprint density at radius 2 is 2.21 bits per heavy atom. The van der Waals surface area contributed by atoms with Gasteiger partial charge in [-0.15, -0.1) is 0 Å². The molecular weight excluding hydrogens is 242 g/mol. The Morgan fingerprint density at radius 3 is 2.95 bits per heavy atom. The smallest absolute Gasteiger partial charge is 0.307 e. The molecule has 0 unspecified atom stereocenters. The zero-order valence-corrected chi connectivity index (χ0v) is 10.7. The maximum atomic E-state index is 11.4. The van der Waals surface area contributed by atoms with Crippen LogP contribution in [0.2, 0.25) is 0 Å². The van der Waals surface area contributed by atoms with E-state index in [-0.39, 0.29) is 5.92 Å². The highest BCUT2D eigenvalue weighted by molar-refractivity contribution is 5.74. The molecule has 0 aromatic carbocycles. The molecule has 0 fully saturated rings. The maximum absolute atomic E-state index is 11.4. The molecule has 19 heavy (non-hydrogen) atoms. The summed E-state index contributed by atoms with van der Waals surface area (Å²) in [6.07, 6.45) is 6.99. The Hall–Kier alpha value is -2.17. The van der Waals surface area contributed by atoms with Gasteiger partial charge in [0.25, 0.3) is 0 Å². The Balaban J connectivity index is 2.10. The second-order valence-electron chi connectivity index (χ2n) is 4.87. The Labute approximate surface area is 110 Å². The van der Waals surface area contributed by atoms with Gasteiger partial charge in [0, 0.05) is 19.2 Å². The molecule has 0 radical (unpaired) electrons. The molecule has 0 aliphatic heterocycles. The quantitative estimate of drug-likeness (QED) is 0.836. The van der Waals surface area contributed by atoms with Crippen LogP contribution in [0.15, 0.2) is 30.5 Å². The minimum Gasteiger partial charge on any atom is -0.481 e. The van der Waals surface area contributed by atoms with Crippen molar-refractivity contribution in [3.05, 3.63) is 36.3 Å². The van der Waals surface area contributed by atoms with E-state index in [9.17, 15) is 9.90 Å². The highest BCUT2D eigenvalue weighted by Crippen LogP contribution is 2.35. The van der Waals surface area contributed by atoms with Crippen molar-refractivity contribution in [3.63, 3.8) is 0 Å². The van der Waals surface area contributed by atoms with Crippen LogP contribution in [0.5, 0.6) is 0 Å². The SMILES string of the molecule is Cn1c([C@@H]2CC=CC[C@@H]2C(=O)O)nc2cccnc21. The molecule has 0 saturated carbocycles. The predicted octanol–water partition coefficient (Wildman–Crippen LogP) is 2.10. The topological polar surface area (TPSA) is 68.0 Å². The number of hydrogen-bond donors (Lipinski definition) is 1. The van der Waals surface area contributed by atoms with Crippen molar-refractivity contribution in [1.82, 2.24) is 14.5 Å². The standard InChI is InChI=1S/C14H15N3O2/c1-17-12(16-11-7-4-8-15-13(11)17)9-5-2-3-6-10(9)14(18)19/h2-4,7-10H,5-6H2,1H3,(H,18,19)/t9-,10+/m1/s1. The number of imidazole rings is 1. The first kappa shape index (κ1) is 11.9. The van der Waals surface area contributed by atoms with Crippen LogP contribution in [0, 0.1) is 5.92 Å². The second kappa shape index (κ2) is 4.50. The molecule has 1 aliphatic carbocycles. The van der Waals surface area contributed by atoms with Gasteiger partial charge in [-0.1, -0.05) is 12.2 Å². The van der Waals surface area contributed by atoms with Crippen molar-refractivity contribution >= 4 is 17.1 Å². The zero-order valence-electron chi connectivity index (χ0n) is 10.7. The van der Waals surface area contributed by atoms with Crippen molar-refractivity contribution in [2.24, 2.45) is 13.0 Å². The van der Waals surface area contributed by atoms with Gasteiger partial charge >= 0.3 is 5.97 Å². The first-order valence-electron chi connectivity index (χ1n) is 6.33. The van der Waals surface area contributed by atoms with E-state index in [1.54, 1.807) is 6.20 Å². The molecule has 0 saturated heterocycles. The Morgan fingerprint density at radius 1 is 1.42 bits per heavy atom. The number of aliphatic carboxylic acids is 1. The van der Waals surface area contributed by atoms with Crippen molar-refractivity contribution in [1.29, 1.82) is 0 Å². The third kappa shape index (κ3) is 1.91. The largest absolute Gasteiger partial charge is 0.481 e. The van der Waals surface area contributed by atoms with Crippen molar-refractivity contribution in [2.75, 3.05) is 0 Å². The lowest BCUT2D eigenvalue weighted by atomic mass is 9.82. The Kier molecular flexibility index (Phi) is 2.81. The highest BCUT2D eigenvalue weighted by Gasteiger charge is 2.33. The lowest BCUT2D eigenvalue weighted by molar-refractivity contribution is -0.142. The fourth-order valence-corrected chi connectivity index (χ4v) is 2.75. The minimum absolute atomic E-state index is 0.0818. The van der Waals surface area contributed by atoms with Crippen molar-refractivity contribution in [3.8, 4) is 0 Å². The molecule has 3 rings (SSSR count). The normalized spacial score (nSPS) is 22.8. The predicted molar refractivity (Wildman–Crippen MR) is 70.7 cm³/mol. The van der Waals surface area contributed by atoms with Crippen molar-refractivity contribution < 1.29 is 9.90 Å². The number of aryl methyl sites for hydroxylation is 1. The highest BCUT2D eigenvalue weighted by atomic mass is 16.4. The molecule has 1 aliphatic rings.